The molecule has 0 atom stereocenters. The number of rotatable bonds is 9. The predicted octanol–water partition coefficient (Wildman–Crippen LogP) is 3.01. The van der Waals surface area contributed by atoms with Crippen LogP contribution in [0.4, 0.5) is 5.69 Å². The normalized spacial score (nSPS) is 10.5. The third-order valence-corrected chi connectivity index (χ3v) is 5.49. The number of furan rings is 1. The Morgan fingerprint density at radius 1 is 1.09 bits per heavy atom. The highest BCUT2D eigenvalue weighted by Gasteiger charge is 2.26. The molecule has 3 aromatic rings. The number of aromatic nitrogens is 1. The van der Waals surface area contributed by atoms with Gasteiger partial charge in [-0.25, -0.2) is 9.59 Å². The first-order valence-corrected chi connectivity index (χ1v) is 10.9. The molecular weight excluding hydrogens is 454 g/mol. The van der Waals surface area contributed by atoms with E-state index in [-0.39, 0.29) is 23.4 Å². The Kier molecular flexibility index (Phi) is 8.08. The molecule has 0 spiro atoms. The molecule has 0 unspecified atom stereocenters. The molecule has 10 nitrogen and oxygen atoms in total. The van der Waals surface area contributed by atoms with Gasteiger partial charge in [-0.2, -0.15) is 0 Å². The Balaban J connectivity index is 1.68. The van der Waals surface area contributed by atoms with E-state index in [0.717, 1.165) is 0 Å². The number of methoxy groups -OCH3 is 1. The number of carbonyl (C=O) groups excluding carboxylic acids is 4. The molecule has 2 amide bonds. The van der Waals surface area contributed by atoms with Crippen LogP contribution in [0.2, 0.25) is 0 Å². The van der Waals surface area contributed by atoms with E-state index in [2.05, 4.69) is 10.3 Å². The third-order valence-electron chi connectivity index (χ3n) is 5.49. The molecule has 0 radical (unpaired) electrons. The maximum atomic E-state index is 12.8. The minimum atomic E-state index is -0.779. The number of hydrogen-bond acceptors (Lipinski definition) is 7. The van der Waals surface area contributed by atoms with Crippen molar-refractivity contribution in [3.63, 3.8) is 0 Å². The Morgan fingerprint density at radius 3 is 2.49 bits per heavy atom. The zero-order valence-electron chi connectivity index (χ0n) is 20.0. The third kappa shape index (κ3) is 5.60. The standard InChI is InChI=1S/C25H27N3O7/c1-5-18-21(24(31)33-4)15(2)22(27-18)25(32)35-14-20(29)28(3)19-11-7-6-10-17(19)23(30)26-13-16-9-8-12-34-16/h6-12,27H,5,13-14H2,1-4H3,(H,26,30). The molecule has 0 aliphatic heterocycles. The molecular formula is C25H27N3O7. The highest BCUT2D eigenvalue weighted by Crippen LogP contribution is 2.22. The molecule has 10 heteroatoms. The van der Waals surface area contributed by atoms with Crippen LogP contribution in [0.15, 0.2) is 47.1 Å². The first kappa shape index (κ1) is 25.3. The average molecular weight is 482 g/mol. The lowest BCUT2D eigenvalue weighted by atomic mass is 10.1. The number of benzene rings is 1. The van der Waals surface area contributed by atoms with Gasteiger partial charge in [-0.05, 0) is 43.2 Å². The lowest BCUT2D eigenvalue weighted by Crippen LogP contribution is -2.33. The largest absolute Gasteiger partial charge is 0.467 e. The van der Waals surface area contributed by atoms with Crippen molar-refractivity contribution >= 4 is 29.4 Å². The number of para-hydroxylation sites is 1. The van der Waals surface area contributed by atoms with Crippen molar-refractivity contribution in [1.82, 2.24) is 10.3 Å². The van der Waals surface area contributed by atoms with E-state index in [0.29, 0.717) is 29.1 Å². The van der Waals surface area contributed by atoms with Crippen molar-refractivity contribution in [2.45, 2.75) is 26.8 Å². The lowest BCUT2D eigenvalue weighted by Gasteiger charge is -2.20. The van der Waals surface area contributed by atoms with Crippen molar-refractivity contribution < 1.29 is 33.1 Å². The van der Waals surface area contributed by atoms with Crippen molar-refractivity contribution in [1.29, 1.82) is 0 Å². The second kappa shape index (κ2) is 11.2. The summed E-state index contributed by atoms with van der Waals surface area (Å²) in [6.07, 6.45) is 1.98. The highest BCUT2D eigenvalue weighted by atomic mass is 16.5. The smallest absolute Gasteiger partial charge is 0.355 e. The van der Waals surface area contributed by atoms with Crippen molar-refractivity contribution in [2.75, 3.05) is 25.7 Å². The summed E-state index contributed by atoms with van der Waals surface area (Å²) in [5.74, 6) is -1.69. The molecule has 0 saturated heterocycles. The topological polar surface area (TPSA) is 131 Å². The van der Waals surface area contributed by atoms with Crippen LogP contribution in [0.5, 0.6) is 0 Å². The summed E-state index contributed by atoms with van der Waals surface area (Å²) in [4.78, 5) is 54.3. The molecule has 2 N–H and O–H groups in total. The summed E-state index contributed by atoms with van der Waals surface area (Å²) in [5, 5.41) is 2.74. The van der Waals surface area contributed by atoms with Gasteiger partial charge in [0.1, 0.15) is 11.5 Å². The Bertz CT molecular complexity index is 1230. The second-order valence-electron chi connectivity index (χ2n) is 7.63. The number of ether oxygens (including phenoxy) is 2. The number of carbonyl (C=O) groups is 4. The van der Waals surface area contributed by atoms with Crippen LogP contribution in [0.25, 0.3) is 0 Å². The molecule has 0 aliphatic rings. The summed E-state index contributed by atoms with van der Waals surface area (Å²) < 4.78 is 15.2. The minimum Gasteiger partial charge on any atom is -0.467 e. The van der Waals surface area contributed by atoms with Crippen molar-refractivity contribution in [2.24, 2.45) is 0 Å². The van der Waals surface area contributed by atoms with E-state index in [4.69, 9.17) is 13.9 Å². The summed E-state index contributed by atoms with van der Waals surface area (Å²) in [6.45, 7) is 3.06. The summed E-state index contributed by atoms with van der Waals surface area (Å²) in [5.41, 5.74) is 1.91. The van der Waals surface area contributed by atoms with Gasteiger partial charge in [0.05, 0.1) is 36.7 Å². The molecule has 1 aromatic carbocycles. The summed E-state index contributed by atoms with van der Waals surface area (Å²) in [7, 11) is 2.75. The first-order chi connectivity index (χ1) is 16.8. The van der Waals surface area contributed by atoms with Gasteiger partial charge in [0.2, 0.25) is 0 Å². The number of nitrogens with one attached hydrogen (secondary N) is 2. The van der Waals surface area contributed by atoms with E-state index in [9.17, 15) is 19.2 Å². The number of aryl methyl sites for hydroxylation is 1. The van der Waals surface area contributed by atoms with Crippen molar-refractivity contribution in [3.05, 3.63) is 76.5 Å². The van der Waals surface area contributed by atoms with Crippen LogP contribution in [0.1, 0.15) is 55.1 Å². The maximum absolute atomic E-state index is 12.8. The number of anilines is 1. The van der Waals surface area contributed by atoms with Gasteiger partial charge < -0.3 is 29.1 Å². The maximum Gasteiger partial charge on any atom is 0.355 e. The van der Waals surface area contributed by atoms with Gasteiger partial charge in [0, 0.05) is 12.7 Å². The predicted molar refractivity (Wildman–Crippen MR) is 126 cm³/mol. The van der Waals surface area contributed by atoms with Gasteiger partial charge in [0.15, 0.2) is 6.61 Å². The highest BCUT2D eigenvalue weighted by molar-refractivity contribution is 6.05. The zero-order chi connectivity index (χ0) is 25.5. The number of amides is 2. The fraction of sp³-hybridized carbons (Fsp3) is 0.280. The fourth-order valence-electron chi connectivity index (χ4n) is 3.57. The quantitative estimate of drug-likeness (QED) is 0.449. The zero-order valence-corrected chi connectivity index (χ0v) is 20.0. The molecule has 0 bridgehead atoms. The number of H-pyrrole nitrogens is 1. The van der Waals surface area contributed by atoms with Crippen molar-refractivity contribution in [3.8, 4) is 0 Å². The van der Waals surface area contributed by atoms with Gasteiger partial charge >= 0.3 is 11.9 Å². The van der Waals surface area contributed by atoms with E-state index in [1.54, 1.807) is 43.3 Å². The fourth-order valence-corrected chi connectivity index (χ4v) is 3.57. The van der Waals surface area contributed by atoms with Crippen LogP contribution in [-0.2, 0) is 27.2 Å². The Labute approximate surface area is 202 Å². The van der Waals surface area contributed by atoms with Gasteiger partial charge in [-0.3, -0.25) is 9.59 Å². The van der Waals surface area contributed by atoms with Crippen LogP contribution in [0, 0.1) is 6.92 Å². The Hall–Kier alpha value is -4.34. The number of esters is 2. The van der Waals surface area contributed by atoms with Crippen LogP contribution in [-0.4, -0.2) is 49.5 Å². The van der Waals surface area contributed by atoms with Crippen LogP contribution in [0.3, 0.4) is 0 Å². The number of nitrogens with zero attached hydrogens (tertiary/aromatic N) is 1. The van der Waals surface area contributed by atoms with E-state index >= 15 is 0 Å². The van der Waals surface area contributed by atoms with Crippen LogP contribution < -0.4 is 10.2 Å². The molecule has 3 rings (SSSR count). The SMILES string of the molecule is CCc1[nH]c(C(=O)OCC(=O)N(C)c2ccccc2C(=O)NCc2ccco2)c(C)c1C(=O)OC. The van der Waals surface area contributed by atoms with E-state index < -0.39 is 30.4 Å². The average Bonchev–Trinajstić information content (AvgIpc) is 3.52. The molecule has 0 fully saturated rings. The molecule has 2 heterocycles. The number of likely N-dealkylation sites (N-methyl/N-ethyl adjacent to an activating group) is 1. The molecule has 0 aliphatic carbocycles. The van der Waals surface area contributed by atoms with Gasteiger partial charge in [0.25, 0.3) is 11.8 Å². The molecule has 0 saturated carbocycles. The van der Waals surface area contributed by atoms with E-state index in [1.165, 1.54) is 25.3 Å². The first-order valence-electron chi connectivity index (χ1n) is 10.9. The van der Waals surface area contributed by atoms with Gasteiger partial charge in [-0.15, -0.1) is 0 Å². The molecule has 2 aromatic heterocycles. The number of hydrogen-bond donors (Lipinski definition) is 2. The monoisotopic (exact) mass is 481 g/mol. The number of aromatic amines is 1. The minimum absolute atomic E-state index is 0.0791. The lowest BCUT2D eigenvalue weighted by molar-refractivity contribution is -0.121. The van der Waals surface area contributed by atoms with Crippen LogP contribution >= 0.6 is 0 Å². The molecule has 184 valence electrons. The summed E-state index contributed by atoms with van der Waals surface area (Å²) in [6, 6.07) is 10.0. The van der Waals surface area contributed by atoms with E-state index in [1.807, 2.05) is 6.92 Å². The van der Waals surface area contributed by atoms with Gasteiger partial charge in [-0.1, -0.05) is 19.1 Å². The molecule has 35 heavy (non-hydrogen) atoms. The summed E-state index contributed by atoms with van der Waals surface area (Å²) >= 11 is 0. The second-order valence-corrected chi connectivity index (χ2v) is 7.63. The Morgan fingerprint density at radius 2 is 1.83 bits per heavy atom.